The molecule has 1 fully saturated rings. The highest BCUT2D eigenvalue weighted by molar-refractivity contribution is 5.83. The topological polar surface area (TPSA) is 56.8 Å². The van der Waals surface area contributed by atoms with Crippen molar-refractivity contribution in [3.63, 3.8) is 0 Å². The van der Waals surface area contributed by atoms with Crippen molar-refractivity contribution in [1.82, 2.24) is 0 Å². The van der Waals surface area contributed by atoms with E-state index < -0.39 is 5.41 Å². The predicted octanol–water partition coefficient (Wildman–Crippen LogP) is 2.79. The molecule has 1 aromatic rings. The van der Waals surface area contributed by atoms with Gasteiger partial charge in [-0.3, -0.25) is 0 Å². The van der Waals surface area contributed by atoms with E-state index in [9.17, 15) is 10.5 Å². The molecule has 3 atom stereocenters. The van der Waals surface area contributed by atoms with Gasteiger partial charge in [0.05, 0.1) is 23.8 Å². The molecule has 0 unspecified atom stereocenters. The van der Waals surface area contributed by atoms with Gasteiger partial charge >= 0.3 is 0 Å². The largest absolute Gasteiger partial charge is 0.376 e. The van der Waals surface area contributed by atoms with E-state index in [0.29, 0.717) is 12.2 Å². The highest BCUT2D eigenvalue weighted by Gasteiger charge is 2.59. The summed E-state index contributed by atoms with van der Waals surface area (Å²) in [6.07, 6.45) is 2.70. The number of fused-ring (bicyclic) bond motifs is 3. The molecule has 19 heavy (non-hydrogen) atoms. The maximum absolute atomic E-state index is 9.73. The minimum Gasteiger partial charge on any atom is -0.376 e. The molecule has 0 aromatic heterocycles. The lowest BCUT2D eigenvalue weighted by molar-refractivity contribution is -0.0665. The summed E-state index contributed by atoms with van der Waals surface area (Å²) >= 11 is 0. The van der Waals surface area contributed by atoms with E-state index in [2.05, 4.69) is 12.1 Å². The summed E-state index contributed by atoms with van der Waals surface area (Å²) in [7, 11) is 0. The molecule has 0 N–H and O–H groups in total. The Morgan fingerprint density at radius 2 is 2.16 bits per heavy atom. The molecule has 94 valence electrons. The summed E-state index contributed by atoms with van der Waals surface area (Å²) in [5.41, 5.74) is 1.91. The van der Waals surface area contributed by atoms with Crippen LogP contribution in [0.25, 0.3) is 5.57 Å². The molecule has 0 aliphatic heterocycles. The van der Waals surface area contributed by atoms with Gasteiger partial charge in [0.1, 0.15) is 5.41 Å². The molecule has 1 aromatic carbocycles. The van der Waals surface area contributed by atoms with Gasteiger partial charge in [-0.2, -0.15) is 10.5 Å². The first-order valence-electron chi connectivity index (χ1n) is 6.52. The van der Waals surface area contributed by atoms with Crippen LogP contribution in [0.3, 0.4) is 0 Å². The Morgan fingerprint density at radius 1 is 1.37 bits per heavy atom. The lowest BCUT2D eigenvalue weighted by atomic mass is 9.52. The van der Waals surface area contributed by atoms with Gasteiger partial charge in [0, 0.05) is 12.5 Å². The van der Waals surface area contributed by atoms with Gasteiger partial charge in [0.15, 0.2) is 0 Å². The molecular formula is C16H14N2O. The Bertz CT molecular complexity index is 635. The number of nitriles is 2. The minimum absolute atomic E-state index is 0.0647. The van der Waals surface area contributed by atoms with Crippen molar-refractivity contribution in [2.45, 2.75) is 24.9 Å². The van der Waals surface area contributed by atoms with Crippen LogP contribution in [0.4, 0.5) is 0 Å². The molecule has 3 nitrogen and oxygen atoms in total. The van der Waals surface area contributed by atoms with E-state index in [1.807, 2.05) is 37.3 Å². The minimum atomic E-state index is -0.604. The second-order valence-electron chi connectivity index (χ2n) is 5.00. The summed E-state index contributed by atoms with van der Waals surface area (Å²) in [4.78, 5) is 0. The van der Waals surface area contributed by atoms with Crippen molar-refractivity contribution in [3.05, 3.63) is 41.5 Å². The Balaban J connectivity index is 2.18. The summed E-state index contributed by atoms with van der Waals surface area (Å²) in [6.45, 7) is 2.56. The van der Waals surface area contributed by atoms with Crippen LogP contribution in [0.1, 0.15) is 24.5 Å². The van der Waals surface area contributed by atoms with Crippen LogP contribution in [0.15, 0.2) is 30.3 Å². The lowest BCUT2D eigenvalue weighted by Gasteiger charge is -2.52. The van der Waals surface area contributed by atoms with Crippen LogP contribution in [-0.4, -0.2) is 12.7 Å². The molecule has 2 aliphatic carbocycles. The summed E-state index contributed by atoms with van der Waals surface area (Å²) < 4.78 is 5.73. The molecule has 3 heteroatoms. The molecule has 0 amide bonds. The third-order valence-corrected chi connectivity index (χ3v) is 4.26. The monoisotopic (exact) mass is 250 g/mol. The van der Waals surface area contributed by atoms with Gasteiger partial charge < -0.3 is 4.74 Å². The third kappa shape index (κ3) is 1.40. The van der Waals surface area contributed by atoms with Crippen LogP contribution in [0.5, 0.6) is 0 Å². The van der Waals surface area contributed by atoms with E-state index in [-0.39, 0.29) is 12.0 Å². The van der Waals surface area contributed by atoms with Gasteiger partial charge in [-0.1, -0.05) is 30.3 Å². The number of hydrogen-bond acceptors (Lipinski definition) is 3. The van der Waals surface area contributed by atoms with Crippen LogP contribution in [-0.2, 0) is 10.2 Å². The van der Waals surface area contributed by atoms with Gasteiger partial charge in [0.2, 0.25) is 0 Å². The molecule has 0 saturated heterocycles. The van der Waals surface area contributed by atoms with Crippen LogP contribution >= 0.6 is 0 Å². The number of rotatable bonds is 2. The zero-order valence-electron chi connectivity index (χ0n) is 10.8. The maximum Gasteiger partial charge on any atom is 0.115 e. The molecule has 3 rings (SSSR count). The van der Waals surface area contributed by atoms with Crippen LogP contribution in [0, 0.1) is 28.6 Å². The van der Waals surface area contributed by atoms with E-state index in [1.165, 1.54) is 0 Å². The van der Waals surface area contributed by atoms with E-state index in [1.54, 1.807) is 0 Å². The lowest BCUT2D eigenvalue weighted by Crippen LogP contribution is -2.58. The van der Waals surface area contributed by atoms with E-state index in [4.69, 9.17) is 4.74 Å². The van der Waals surface area contributed by atoms with E-state index >= 15 is 0 Å². The smallest absolute Gasteiger partial charge is 0.115 e. The van der Waals surface area contributed by atoms with Crippen molar-refractivity contribution in [2.24, 2.45) is 5.92 Å². The van der Waals surface area contributed by atoms with Crippen molar-refractivity contribution in [3.8, 4) is 12.1 Å². The first-order valence-corrected chi connectivity index (χ1v) is 6.52. The zero-order valence-corrected chi connectivity index (χ0v) is 10.8. The number of nitrogens with zero attached hydrogens (tertiary/aromatic N) is 2. The molecule has 0 bridgehead atoms. The normalized spacial score (nSPS) is 31.0. The van der Waals surface area contributed by atoms with Gasteiger partial charge in [0.25, 0.3) is 0 Å². The Hall–Kier alpha value is -2.10. The van der Waals surface area contributed by atoms with Crippen molar-refractivity contribution in [2.75, 3.05) is 6.61 Å². The average Bonchev–Trinajstić information content (AvgIpc) is 2.44. The first-order chi connectivity index (χ1) is 9.27. The number of ether oxygens (including phenoxy) is 1. The summed E-state index contributed by atoms with van der Waals surface area (Å²) in [6, 6.07) is 12.4. The first kappa shape index (κ1) is 12.0. The third-order valence-electron chi connectivity index (χ3n) is 4.26. The SMILES string of the molecule is CCO[C@H]1C[C@H]2C=C(C#N)c3ccccc3[C@]21C#N. The number of hydrogen-bond donors (Lipinski definition) is 0. The maximum atomic E-state index is 9.73. The summed E-state index contributed by atoms with van der Waals surface area (Å²) in [5, 5.41) is 19.0. The standard InChI is InChI=1S/C16H14N2O/c1-2-19-15-8-12-7-11(9-17)13-5-3-4-6-14(13)16(12,15)10-18/h3-7,12,15H,2,8H2,1H3/t12-,15+,16+/m1/s1. The molecule has 0 radical (unpaired) electrons. The fraction of sp³-hybridized carbons (Fsp3) is 0.375. The fourth-order valence-corrected chi connectivity index (χ4v) is 3.34. The second-order valence-corrected chi connectivity index (χ2v) is 5.00. The molecule has 0 heterocycles. The Labute approximate surface area is 112 Å². The molecule has 1 saturated carbocycles. The zero-order chi connectivity index (χ0) is 13.5. The van der Waals surface area contributed by atoms with Crippen molar-refractivity contribution >= 4 is 5.57 Å². The summed E-state index contributed by atoms with van der Waals surface area (Å²) in [5.74, 6) is 0.0959. The number of allylic oxidation sites excluding steroid dienone is 2. The molecule has 2 aliphatic rings. The second kappa shape index (κ2) is 4.23. The quantitative estimate of drug-likeness (QED) is 0.811. The Morgan fingerprint density at radius 3 is 2.84 bits per heavy atom. The number of benzene rings is 1. The van der Waals surface area contributed by atoms with Gasteiger partial charge in [-0.05, 0) is 24.5 Å². The van der Waals surface area contributed by atoms with Crippen molar-refractivity contribution in [1.29, 1.82) is 10.5 Å². The molecular weight excluding hydrogens is 236 g/mol. The van der Waals surface area contributed by atoms with Gasteiger partial charge in [-0.25, -0.2) is 0 Å². The fourth-order valence-electron chi connectivity index (χ4n) is 3.34. The van der Waals surface area contributed by atoms with Crippen LogP contribution in [0.2, 0.25) is 0 Å². The van der Waals surface area contributed by atoms with E-state index in [0.717, 1.165) is 17.5 Å². The van der Waals surface area contributed by atoms with Gasteiger partial charge in [-0.15, -0.1) is 0 Å². The highest BCUT2D eigenvalue weighted by Crippen LogP contribution is 2.55. The van der Waals surface area contributed by atoms with Crippen LogP contribution < -0.4 is 0 Å². The van der Waals surface area contributed by atoms with Crippen molar-refractivity contribution < 1.29 is 4.74 Å². The highest BCUT2D eigenvalue weighted by atomic mass is 16.5. The predicted molar refractivity (Wildman–Crippen MR) is 70.8 cm³/mol. The molecule has 0 spiro atoms. The Kier molecular flexibility index (Phi) is 2.66. The average molecular weight is 250 g/mol.